The molecule has 4 heteroatoms. The minimum absolute atomic E-state index is 0.0624. The SMILES string of the molecule is O=c1n(Cc2ccccc2Cl)ccn1C1CC1. The zero-order chi connectivity index (χ0) is 11.8. The molecule has 0 amide bonds. The van der Waals surface area contributed by atoms with Crippen LogP contribution in [0.25, 0.3) is 0 Å². The third kappa shape index (κ3) is 2.03. The summed E-state index contributed by atoms with van der Waals surface area (Å²) in [4.78, 5) is 12.0. The molecule has 0 spiro atoms. The van der Waals surface area contributed by atoms with E-state index in [1.54, 1.807) is 4.57 Å². The molecule has 2 aromatic rings. The van der Waals surface area contributed by atoms with Gasteiger partial charge in [0.05, 0.1) is 6.54 Å². The topological polar surface area (TPSA) is 26.9 Å². The van der Waals surface area contributed by atoms with Gasteiger partial charge in [0.1, 0.15) is 0 Å². The molecule has 1 aromatic heterocycles. The lowest BCUT2D eigenvalue weighted by molar-refractivity contribution is 0.656. The highest BCUT2D eigenvalue weighted by molar-refractivity contribution is 6.31. The van der Waals surface area contributed by atoms with Crippen molar-refractivity contribution in [1.82, 2.24) is 9.13 Å². The zero-order valence-electron chi connectivity index (χ0n) is 9.34. The van der Waals surface area contributed by atoms with Crippen molar-refractivity contribution in [3.63, 3.8) is 0 Å². The lowest BCUT2D eigenvalue weighted by Gasteiger charge is -2.04. The summed E-state index contributed by atoms with van der Waals surface area (Å²) in [6.07, 6.45) is 5.95. The third-order valence-electron chi connectivity index (χ3n) is 3.11. The van der Waals surface area contributed by atoms with E-state index >= 15 is 0 Å². The van der Waals surface area contributed by atoms with E-state index in [9.17, 15) is 4.79 Å². The molecule has 3 rings (SSSR count). The second kappa shape index (κ2) is 4.08. The van der Waals surface area contributed by atoms with Crippen LogP contribution in [0.5, 0.6) is 0 Å². The Bertz CT molecular complexity index is 595. The molecule has 1 saturated carbocycles. The second-order valence-corrected chi connectivity index (χ2v) is 4.85. The third-order valence-corrected chi connectivity index (χ3v) is 3.48. The number of aromatic nitrogens is 2. The van der Waals surface area contributed by atoms with Gasteiger partial charge in [0, 0.05) is 23.5 Å². The summed E-state index contributed by atoms with van der Waals surface area (Å²) in [7, 11) is 0. The minimum atomic E-state index is 0.0624. The standard InChI is InChI=1S/C13H13ClN2O/c14-12-4-2-1-3-10(12)9-15-7-8-16(13(15)17)11-5-6-11/h1-4,7-8,11H,5-6,9H2. The number of imidazole rings is 1. The van der Waals surface area contributed by atoms with Crippen molar-refractivity contribution in [1.29, 1.82) is 0 Å². The molecular formula is C13H13ClN2O. The molecule has 0 radical (unpaired) electrons. The predicted octanol–water partition coefficient (Wildman–Crippen LogP) is 2.69. The van der Waals surface area contributed by atoms with Gasteiger partial charge in [-0.2, -0.15) is 0 Å². The van der Waals surface area contributed by atoms with Crippen LogP contribution >= 0.6 is 11.6 Å². The summed E-state index contributed by atoms with van der Waals surface area (Å²) >= 11 is 6.09. The first-order valence-corrected chi connectivity index (χ1v) is 6.14. The van der Waals surface area contributed by atoms with Crippen LogP contribution in [0.2, 0.25) is 5.02 Å². The van der Waals surface area contributed by atoms with Crippen molar-refractivity contribution in [2.24, 2.45) is 0 Å². The van der Waals surface area contributed by atoms with Gasteiger partial charge in [-0.3, -0.25) is 9.13 Å². The highest BCUT2D eigenvalue weighted by Crippen LogP contribution is 2.33. The first-order chi connectivity index (χ1) is 8.25. The predicted molar refractivity (Wildman–Crippen MR) is 67.5 cm³/mol. The van der Waals surface area contributed by atoms with E-state index in [2.05, 4.69) is 0 Å². The molecule has 1 aromatic carbocycles. The number of hydrogen-bond donors (Lipinski definition) is 0. The number of rotatable bonds is 3. The van der Waals surface area contributed by atoms with Gasteiger partial charge in [-0.05, 0) is 24.5 Å². The van der Waals surface area contributed by atoms with Crippen molar-refractivity contribution in [3.05, 3.63) is 57.7 Å². The molecule has 1 aliphatic rings. The van der Waals surface area contributed by atoms with Crippen LogP contribution in [0.3, 0.4) is 0 Å². The van der Waals surface area contributed by atoms with Crippen LogP contribution in [0.4, 0.5) is 0 Å². The van der Waals surface area contributed by atoms with Gasteiger partial charge in [-0.25, -0.2) is 4.79 Å². The van der Waals surface area contributed by atoms with Crippen molar-refractivity contribution in [3.8, 4) is 0 Å². The summed E-state index contributed by atoms with van der Waals surface area (Å²) in [5.74, 6) is 0. The monoisotopic (exact) mass is 248 g/mol. The maximum atomic E-state index is 12.0. The molecule has 1 aliphatic carbocycles. The van der Waals surface area contributed by atoms with Gasteiger partial charge in [0.25, 0.3) is 0 Å². The lowest BCUT2D eigenvalue weighted by atomic mass is 10.2. The van der Waals surface area contributed by atoms with Gasteiger partial charge >= 0.3 is 5.69 Å². The fourth-order valence-electron chi connectivity index (χ4n) is 1.99. The van der Waals surface area contributed by atoms with E-state index in [-0.39, 0.29) is 5.69 Å². The molecule has 0 saturated heterocycles. The quantitative estimate of drug-likeness (QED) is 0.821. The van der Waals surface area contributed by atoms with Gasteiger partial charge in [-0.15, -0.1) is 0 Å². The lowest BCUT2D eigenvalue weighted by Crippen LogP contribution is -2.23. The van der Waals surface area contributed by atoms with Crippen LogP contribution < -0.4 is 5.69 Å². The van der Waals surface area contributed by atoms with E-state index in [4.69, 9.17) is 11.6 Å². The Morgan fingerprint density at radius 2 is 2.00 bits per heavy atom. The Kier molecular flexibility index (Phi) is 2.56. The normalized spacial score (nSPS) is 15.1. The molecular weight excluding hydrogens is 236 g/mol. The summed E-state index contributed by atoms with van der Waals surface area (Å²) in [5, 5.41) is 0.707. The first kappa shape index (κ1) is 10.7. The van der Waals surface area contributed by atoms with Crippen LogP contribution in [0.15, 0.2) is 41.5 Å². The molecule has 0 unspecified atom stereocenters. The van der Waals surface area contributed by atoms with Crippen molar-refractivity contribution in [2.75, 3.05) is 0 Å². The fraction of sp³-hybridized carbons (Fsp3) is 0.308. The van der Waals surface area contributed by atoms with Gasteiger partial charge in [0.2, 0.25) is 0 Å². The molecule has 0 atom stereocenters. The summed E-state index contributed by atoms with van der Waals surface area (Å²) in [6, 6.07) is 8.05. The molecule has 1 heterocycles. The molecule has 1 fully saturated rings. The zero-order valence-corrected chi connectivity index (χ0v) is 10.1. The summed E-state index contributed by atoms with van der Waals surface area (Å²) in [6.45, 7) is 0.540. The average molecular weight is 249 g/mol. The largest absolute Gasteiger partial charge is 0.328 e. The fourth-order valence-corrected chi connectivity index (χ4v) is 2.18. The van der Waals surface area contributed by atoms with Crippen LogP contribution in [0.1, 0.15) is 24.4 Å². The Hall–Kier alpha value is -1.48. The Balaban J connectivity index is 1.91. The molecule has 0 aliphatic heterocycles. The number of benzene rings is 1. The number of hydrogen-bond acceptors (Lipinski definition) is 1. The highest BCUT2D eigenvalue weighted by atomic mass is 35.5. The van der Waals surface area contributed by atoms with Crippen LogP contribution in [-0.2, 0) is 6.54 Å². The van der Waals surface area contributed by atoms with Crippen molar-refractivity contribution in [2.45, 2.75) is 25.4 Å². The van der Waals surface area contributed by atoms with Crippen molar-refractivity contribution < 1.29 is 0 Å². The average Bonchev–Trinajstić information content (AvgIpc) is 3.09. The summed E-state index contributed by atoms with van der Waals surface area (Å²) < 4.78 is 3.52. The Morgan fingerprint density at radius 1 is 1.24 bits per heavy atom. The van der Waals surface area contributed by atoms with E-state index < -0.39 is 0 Å². The van der Waals surface area contributed by atoms with E-state index in [0.717, 1.165) is 18.4 Å². The van der Waals surface area contributed by atoms with Crippen LogP contribution in [-0.4, -0.2) is 9.13 Å². The number of halogens is 1. The highest BCUT2D eigenvalue weighted by Gasteiger charge is 2.25. The molecule has 17 heavy (non-hydrogen) atoms. The van der Waals surface area contributed by atoms with E-state index in [1.807, 2.05) is 41.2 Å². The number of nitrogens with zero attached hydrogens (tertiary/aromatic N) is 2. The van der Waals surface area contributed by atoms with Crippen LogP contribution in [0, 0.1) is 0 Å². The maximum absolute atomic E-state index is 12.0. The molecule has 88 valence electrons. The van der Waals surface area contributed by atoms with Gasteiger partial charge < -0.3 is 0 Å². The van der Waals surface area contributed by atoms with Gasteiger partial charge in [-0.1, -0.05) is 29.8 Å². The summed E-state index contributed by atoms with van der Waals surface area (Å²) in [5.41, 5.74) is 1.04. The van der Waals surface area contributed by atoms with E-state index in [0.29, 0.717) is 17.6 Å². The van der Waals surface area contributed by atoms with E-state index in [1.165, 1.54) is 0 Å². The molecule has 3 nitrogen and oxygen atoms in total. The molecule has 0 N–H and O–H groups in total. The second-order valence-electron chi connectivity index (χ2n) is 4.44. The van der Waals surface area contributed by atoms with Gasteiger partial charge in [0.15, 0.2) is 0 Å². The molecule has 0 bridgehead atoms. The smallest absolute Gasteiger partial charge is 0.296 e. The first-order valence-electron chi connectivity index (χ1n) is 5.76. The maximum Gasteiger partial charge on any atom is 0.328 e. The Labute approximate surface area is 104 Å². The van der Waals surface area contributed by atoms with Crippen molar-refractivity contribution >= 4 is 11.6 Å². The minimum Gasteiger partial charge on any atom is -0.296 e. The Morgan fingerprint density at radius 3 is 2.71 bits per heavy atom.